The molecule has 2 heteroatoms. The van der Waals surface area contributed by atoms with Gasteiger partial charge in [0.1, 0.15) is 0 Å². The quantitative estimate of drug-likeness (QED) is 0.762. The van der Waals surface area contributed by atoms with Crippen LogP contribution in [0, 0.1) is 6.92 Å². The Hall–Kier alpha value is -1.02. The average Bonchev–Trinajstić information content (AvgIpc) is 3.13. The minimum Gasteiger partial charge on any atom is -0.399 e. The maximum atomic E-state index is 5.97. The number of nitrogens with two attached hydrogens (primary N) is 1. The highest BCUT2D eigenvalue weighted by atomic mass is 15.2. The zero-order chi connectivity index (χ0) is 12.3. The molecule has 1 saturated carbocycles. The lowest BCUT2D eigenvalue weighted by atomic mass is 10.1. The zero-order valence-electron chi connectivity index (χ0n) is 11.1. The van der Waals surface area contributed by atoms with Gasteiger partial charge in [-0.25, -0.2) is 0 Å². The van der Waals surface area contributed by atoms with E-state index >= 15 is 0 Å². The molecule has 17 heavy (non-hydrogen) atoms. The summed E-state index contributed by atoms with van der Waals surface area (Å²) >= 11 is 0. The normalized spacial score (nSPS) is 15.5. The molecule has 2 rings (SSSR count). The lowest BCUT2D eigenvalue weighted by molar-refractivity contribution is 0.251. The number of hydrogen-bond donors (Lipinski definition) is 1. The molecule has 0 spiro atoms. The van der Waals surface area contributed by atoms with Crippen LogP contribution in [0.3, 0.4) is 0 Å². The Morgan fingerprint density at radius 2 is 2.12 bits per heavy atom. The van der Waals surface area contributed by atoms with Crippen molar-refractivity contribution in [2.45, 2.75) is 52.1 Å². The van der Waals surface area contributed by atoms with Crippen LogP contribution in [-0.4, -0.2) is 17.5 Å². The molecule has 0 radical (unpaired) electrons. The molecule has 0 aromatic heterocycles. The van der Waals surface area contributed by atoms with Crippen molar-refractivity contribution >= 4 is 5.69 Å². The smallest absolute Gasteiger partial charge is 0.0346 e. The topological polar surface area (TPSA) is 29.3 Å². The number of aryl methyl sites for hydroxylation is 1. The van der Waals surface area contributed by atoms with Gasteiger partial charge < -0.3 is 5.73 Å². The van der Waals surface area contributed by atoms with Crippen LogP contribution < -0.4 is 5.73 Å². The first kappa shape index (κ1) is 12.4. The molecule has 0 bridgehead atoms. The molecule has 2 N–H and O–H groups in total. The largest absolute Gasteiger partial charge is 0.399 e. The number of hydrogen-bond acceptors (Lipinski definition) is 2. The Morgan fingerprint density at radius 1 is 1.35 bits per heavy atom. The minimum absolute atomic E-state index is 0.837. The Labute approximate surface area is 105 Å². The second-order valence-corrected chi connectivity index (χ2v) is 5.25. The van der Waals surface area contributed by atoms with Gasteiger partial charge in [0.05, 0.1) is 0 Å². The summed E-state index contributed by atoms with van der Waals surface area (Å²) < 4.78 is 0. The number of rotatable bonds is 6. The summed E-state index contributed by atoms with van der Waals surface area (Å²) in [6, 6.07) is 7.32. The van der Waals surface area contributed by atoms with Gasteiger partial charge in [-0.3, -0.25) is 4.90 Å². The molecule has 0 atom stereocenters. The van der Waals surface area contributed by atoms with E-state index in [1.54, 1.807) is 0 Å². The standard InChI is InChI=1S/C15H24N2/c1-3-4-9-17(14-7-8-14)11-13-6-5-12(2)15(16)10-13/h5-6,10,14H,3-4,7-9,11,16H2,1-2H3. The van der Waals surface area contributed by atoms with Crippen LogP contribution in [0.1, 0.15) is 43.7 Å². The zero-order valence-corrected chi connectivity index (χ0v) is 11.1. The van der Waals surface area contributed by atoms with Gasteiger partial charge in [-0.1, -0.05) is 25.5 Å². The Balaban J connectivity index is 1.98. The third-order valence-electron chi connectivity index (χ3n) is 3.59. The van der Waals surface area contributed by atoms with Crippen molar-refractivity contribution in [3.8, 4) is 0 Å². The second-order valence-electron chi connectivity index (χ2n) is 5.25. The van der Waals surface area contributed by atoms with Gasteiger partial charge in [-0.2, -0.15) is 0 Å². The maximum absolute atomic E-state index is 5.97. The third-order valence-corrected chi connectivity index (χ3v) is 3.59. The number of unbranched alkanes of at least 4 members (excludes halogenated alkanes) is 1. The first-order chi connectivity index (χ1) is 8.20. The van der Waals surface area contributed by atoms with E-state index in [1.165, 1.54) is 43.4 Å². The van der Waals surface area contributed by atoms with E-state index in [0.717, 1.165) is 18.3 Å². The Morgan fingerprint density at radius 3 is 2.71 bits per heavy atom. The number of nitrogen functional groups attached to an aromatic ring is 1. The first-order valence-corrected chi connectivity index (χ1v) is 6.79. The summed E-state index contributed by atoms with van der Waals surface area (Å²) in [5.74, 6) is 0. The van der Waals surface area contributed by atoms with Crippen LogP contribution in [0.15, 0.2) is 18.2 Å². The van der Waals surface area contributed by atoms with E-state index < -0.39 is 0 Å². The fraction of sp³-hybridized carbons (Fsp3) is 0.600. The fourth-order valence-corrected chi connectivity index (χ4v) is 2.21. The van der Waals surface area contributed by atoms with Gasteiger partial charge in [-0.05, 0) is 49.9 Å². The number of anilines is 1. The monoisotopic (exact) mass is 232 g/mol. The van der Waals surface area contributed by atoms with Gasteiger partial charge >= 0.3 is 0 Å². The summed E-state index contributed by atoms with van der Waals surface area (Å²) in [5.41, 5.74) is 9.43. The molecule has 0 heterocycles. The van der Waals surface area contributed by atoms with Crippen molar-refractivity contribution in [3.63, 3.8) is 0 Å². The molecule has 0 aliphatic heterocycles. The predicted octanol–water partition coefficient (Wildman–Crippen LogP) is 3.34. The van der Waals surface area contributed by atoms with Crippen LogP contribution in [-0.2, 0) is 6.54 Å². The molecule has 0 saturated heterocycles. The van der Waals surface area contributed by atoms with Crippen molar-refractivity contribution in [1.82, 2.24) is 4.90 Å². The Bertz CT molecular complexity index is 369. The Kier molecular flexibility index (Phi) is 4.06. The lowest BCUT2D eigenvalue weighted by Crippen LogP contribution is -2.26. The predicted molar refractivity (Wildman–Crippen MR) is 73.9 cm³/mol. The van der Waals surface area contributed by atoms with E-state index in [4.69, 9.17) is 5.73 Å². The molecule has 1 aromatic rings. The van der Waals surface area contributed by atoms with Crippen molar-refractivity contribution in [2.75, 3.05) is 12.3 Å². The van der Waals surface area contributed by atoms with Crippen LogP contribution in [0.4, 0.5) is 5.69 Å². The average molecular weight is 232 g/mol. The van der Waals surface area contributed by atoms with Crippen molar-refractivity contribution in [1.29, 1.82) is 0 Å². The molecule has 2 nitrogen and oxygen atoms in total. The summed E-state index contributed by atoms with van der Waals surface area (Å²) in [7, 11) is 0. The van der Waals surface area contributed by atoms with Crippen LogP contribution in [0.2, 0.25) is 0 Å². The van der Waals surface area contributed by atoms with E-state index in [9.17, 15) is 0 Å². The second kappa shape index (κ2) is 5.54. The molecule has 0 amide bonds. The van der Waals surface area contributed by atoms with Gasteiger partial charge in [-0.15, -0.1) is 0 Å². The molecular weight excluding hydrogens is 208 g/mol. The highest BCUT2D eigenvalue weighted by Crippen LogP contribution is 2.29. The molecular formula is C15H24N2. The molecule has 1 fully saturated rings. The first-order valence-electron chi connectivity index (χ1n) is 6.79. The van der Waals surface area contributed by atoms with E-state index in [2.05, 4.69) is 36.9 Å². The minimum atomic E-state index is 0.837. The van der Waals surface area contributed by atoms with Crippen molar-refractivity contribution in [2.24, 2.45) is 0 Å². The molecule has 94 valence electrons. The van der Waals surface area contributed by atoms with Gasteiger partial charge in [0.15, 0.2) is 0 Å². The van der Waals surface area contributed by atoms with Crippen LogP contribution in [0.25, 0.3) is 0 Å². The van der Waals surface area contributed by atoms with Crippen LogP contribution in [0.5, 0.6) is 0 Å². The summed E-state index contributed by atoms with van der Waals surface area (Å²) in [5, 5.41) is 0. The summed E-state index contributed by atoms with van der Waals surface area (Å²) in [4.78, 5) is 2.62. The molecule has 1 aliphatic carbocycles. The molecule has 1 aliphatic rings. The van der Waals surface area contributed by atoms with Gasteiger partial charge in [0, 0.05) is 18.3 Å². The highest BCUT2D eigenvalue weighted by molar-refractivity contribution is 5.48. The van der Waals surface area contributed by atoms with Gasteiger partial charge in [0.25, 0.3) is 0 Å². The summed E-state index contributed by atoms with van der Waals surface area (Å²) in [6.45, 7) is 6.62. The highest BCUT2D eigenvalue weighted by Gasteiger charge is 2.28. The number of benzene rings is 1. The maximum Gasteiger partial charge on any atom is 0.0346 e. The number of nitrogens with zero attached hydrogens (tertiary/aromatic N) is 1. The SMILES string of the molecule is CCCCN(Cc1ccc(C)c(N)c1)C1CC1. The van der Waals surface area contributed by atoms with Crippen molar-refractivity contribution in [3.05, 3.63) is 29.3 Å². The molecule has 1 aromatic carbocycles. The van der Waals surface area contributed by atoms with Crippen LogP contribution >= 0.6 is 0 Å². The van der Waals surface area contributed by atoms with E-state index in [1.807, 2.05) is 0 Å². The van der Waals surface area contributed by atoms with E-state index in [0.29, 0.717) is 0 Å². The lowest BCUT2D eigenvalue weighted by Gasteiger charge is -2.22. The molecule has 0 unspecified atom stereocenters. The summed E-state index contributed by atoms with van der Waals surface area (Å²) in [6.07, 6.45) is 5.34. The fourth-order valence-electron chi connectivity index (χ4n) is 2.21. The van der Waals surface area contributed by atoms with E-state index in [-0.39, 0.29) is 0 Å². The van der Waals surface area contributed by atoms with Crippen molar-refractivity contribution < 1.29 is 0 Å². The third kappa shape index (κ3) is 3.47. The van der Waals surface area contributed by atoms with Gasteiger partial charge in [0.2, 0.25) is 0 Å².